The largest absolute Gasteiger partial charge is 0.416 e. The van der Waals surface area contributed by atoms with Gasteiger partial charge in [0.25, 0.3) is 0 Å². The molecule has 5 heterocycles. The van der Waals surface area contributed by atoms with Gasteiger partial charge < -0.3 is 15.1 Å². The van der Waals surface area contributed by atoms with Gasteiger partial charge in [-0.3, -0.25) is 4.79 Å². The fraction of sp³-hybridized carbons (Fsp3) is 0.519. The Labute approximate surface area is 214 Å². The highest BCUT2D eigenvalue weighted by Crippen LogP contribution is 2.41. The summed E-state index contributed by atoms with van der Waals surface area (Å²) in [5.74, 6) is 1.04. The average molecular weight is 515 g/mol. The summed E-state index contributed by atoms with van der Waals surface area (Å²) in [5, 5.41) is 7.96. The van der Waals surface area contributed by atoms with Gasteiger partial charge in [0.2, 0.25) is 5.91 Å². The highest BCUT2D eigenvalue weighted by molar-refractivity contribution is 5.78. The molecule has 0 unspecified atom stereocenters. The summed E-state index contributed by atoms with van der Waals surface area (Å²) in [6.07, 6.45) is 2.91. The monoisotopic (exact) mass is 514 g/mol. The Morgan fingerprint density at radius 2 is 2.00 bits per heavy atom. The van der Waals surface area contributed by atoms with E-state index in [0.29, 0.717) is 25.1 Å². The van der Waals surface area contributed by atoms with Gasteiger partial charge in [-0.15, -0.1) is 0 Å². The lowest BCUT2D eigenvalue weighted by molar-refractivity contribution is -0.133. The number of nitrogens with one attached hydrogen (secondary N) is 1. The van der Waals surface area contributed by atoms with E-state index in [-0.39, 0.29) is 36.4 Å². The van der Waals surface area contributed by atoms with Crippen LogP contribution in [-0.4, -0.2) is 70.8 Å². The van der Waals surface area contributed by atoms with Crippen LogP contribution in [0.4, 0.5) is 19.0 Å². The molecule has 3 aliphatic rings. The number of allylic oxidation sites excluding steroid dienone is 2. The van der Waals surface area contributed by atoms with Gasteiger partial charge in [0.05, 0.1) is 17.5 Å². The van der Waals surface area contributed by atoms with E-state index in [4.69, 9.17) is 4.98 Å². The van der Waals surface area contributed by atoms with Gasteiger partial charge in [0, 0.05) is 62.6 Å². The SMILES string of the molecule is C=C(C1=C(/C=C\C)CN(C(=O)CC2(C)CN(c3c4c(nc5ccnn35)CCNCC4)C2)CC1)C(F)(F)F. The molecular formula is C27H33F3N6O. The number of aromatic nitrogens is 3. The van der Waals surface area contributed by atoms with Crippen molar-refractivity contribution in [3.63, 3.8) is 0 Å². The van der Waals surface area contributed by atoms with Gasteiger partial charge in [0.1, 0.15) is 5.82 Å². The number of alkyl halides is 3. The first-order valence-corrected chi connectivity index (χ1v) is 12.8. The van der Waals surface area contributed by atoms with E-state index in [9.17, 15) is 18.0 Å². The minimum atomic E-state index is -4.47. The first kappa shape index (κ1) is 25.5. The number of carbonyl (C=O) groups excluding carboxylic acids is 1. The van der Waals surface area contributed by atoms with Crippen LogP contribution in [0, 0.1) is 5.41 Å². The van der Waals surface area contributed by atoms with Crippen LogP contribution in [-0.2, 0) is 17.6 Å². The number of hydrogen-bond acceptors (Lipinski definition) is 5. The maximum atomic E-state index is 13.3. The minimum Gasteiger partial charge on any atom is -0.355 e. The third-order valence-corrected chi connectivity index (χ3v) is 7.61. The molecule has 1 saturated heterocycles. The van der Waals surface area contributed by atoms with Crippen LogP contribution in [0.2, 0.25) is 0 Å². The van der Waals surface area contributed by atoms with E-state index in [1.54, 1.807) is 30.2 Å². The molecule has 0 atom stereocenters. The molecule has 10 heteroatoms. The van der Waals surface area contributed by atoms with Gasteiger partial charge >= 0.3 is 6.18 Å². The molecule has 1 fully saturated rings. The summed E-state index contributed by atoms with van der Waals surface area (Å²) in [6.45, 7) is 10.8. The molecule has 3 aliphatic heterocycles. The Morgan fingerprint density at radius 1 is 1.24 bits per heavy atom. The second-order valence-corrected chi connectivity index (χ2v) is 10.6. The van der Waals surface area contributed by atoms with E-state index < -0.39 is 11.7 Å². The molecule has 1 N–H and O–H groups in total. The smallest absolute Gasteiger partial charge is 0.355 e. The van der Waals surface area contributed by atoms with Crippen LogP contribution in [0.1, 0.15) is 37.9 Å². The first-order valence-electron chi connectivity index (χ1n) is 12.8. The highest BCUT2D eigenvalue weighted by atomic mass is 19.4. The predicted molar refractivity (Wildman–Crippen MR) is 136 cm³/mol. The lowest BCUT2D eigenvalue weighted by atomic mass is 9.78. The Morgan fingerprint density at radius 3 is 2.73 bits per heavy atom. The molecule has 37 heavy (non-hydrogen) atoms. The van der Waals surface area contributed by atoms with Crippen molar-refractivity contribution in [1.82, 2.24) is 24.8 Å². The van der Waals surface area contributed by atoms with Crippen LogP contribution < -0.4 is 10.2 Å². The van der Waals surface area contributed by atoms with Crippen LogP contribution in [0.15, 0.2) is 47.7 Å². The van der Waals surface area contributed by atoms with Crippen LogP contribution in [0.5, 0.6) is 0 Å². The quantitative estimate of drug-likeness (QED) is 0.657. The van der Waals surface area contributed by atoms with E-state index >= 15 is 0 Å². The summed E-state index contributed by atoms with van der Waals surface area (Å²) in [7, 11) is 0. The summed E-state index contributed by atoms with van der Waals surface area (Å²) < 4.78 is 41.8. The lowest BCUT2D eigenvalue weighted by Gasteiger charge is -2.50. The number of halogens is 3. The van der Waals surface area contributed by atoms with E-state index in [1.165, 1.54) is 5.56 Å². The van der Waals surface area contributed by atoms with Crippen molar-refractivity contribution >= 4 is 17.4 Å². The Kier molecular flexibility index (Phi) is 6.64. The zero-order chi connectivity index (χ0) is 26.4. The van der Waals surface area contributed by atoms with Crippen molar-refractivity contribution in [3.05, 3.63) is 59.0 Å². The normalized spacial score (nSPS) is 20.2. The molecule has 1 amide bonds. The fourth-order valence-electron chi connectivity index (χ4n) is 5.82. The van der Waals surface area contributed by atoms with Crippen molar-refractivity contribution in [2.45, 2.75) is 45.7 Å². The molecule has 7 nitrogen and oxygen atoms in total. The maximum Gasteiger partial charge on any atom is 0.416 e. The van der Waals surface area contributed by atoms with E-state index in [0.717, 1.165) is 43.1 Å². The standard InChI is InChI=1S/C27H33F3N6O/c1-4-5-19-15-34(13-9-20(19)18(2)27(28,29)30)24(37)14-26(3)16-35(17-26)25-21-6-10-31-11-7-22(21)33-23-8-12-32-36(23)25/h4-5,8,12,31H,2,6-7,9-11,13-17H2,1,3H3/b5-4-. The molecule has 5 rings (SSSR count). The second kappa shape index (κ2) is 9.63. The first-order chi connectivity index (χ1) is 17.6. The molecule has 0 aromatic carbocycles. The van der Waals surface area contributed by atoms with Crippen molar-refractivity contribution in [2.24, 2.45) is 5.41 Å². The van der Waals surface area contributed by atoms with Crippen LogP contribution in [0.25, 0.3) is 5.65 Å². The van der Waals surface area contributed by atoms with Crippen molar-refractivity contribution in [3.8, 4) is 0 Å². The highest BCUT2D eigenvalue weighted by Gasteiger charge is 2.44. The molecule has 2 aromatic heterocycles. The van der Waals surface area contributed by atoms with Gasteiger partial charge in [-0.05, 0) is 37.5 Å². The number of amides is 1. The molecule has 0 bridgehead atoms. The summed E-state index contributed by atoms with van der Waals surface area (Å²) in [6, 6.07) is 1.92. The van der Waals surface area contributed by atoms with Crippen LogP contribution in [0.3, 0.4) is 0 Å². The van der Waals surface area contributed by atoms with E-state index in [2.05, 4.69) is 28.8 Å². The third-order valence-electron chi connectivity index (χ3n) is 7.61. The number of carbonyl (C=O) groups is 1. The maximum absolute atomic E-state index is 13.3. The number of rotatable bonds is 5. The molecule has 0 spiro atoms. The van der Waals surface area contributed by atoms with Crippen molar-refractivity contribution in [2.75, 3.05) is 44.2 Å². The average Bonchev–Trinajstić information content (AvgIpc) is 3.16. The molecule has 0 radical (unpaired) electrons. The van der Waals surface area contributed by atoms with E-state index in [1.807, 2.05) is 10.6 Å². The molecule has 198 valence electrons. The lowest BCUT2D eigenvalue weighted by Crippen LogP contribution is -2.57. The summed E-state index contributed by atoms with van der Waals surface area (Å²) in [4.78, 5) is 22.1. The molecule has 2 aromatic rings. The third kappa shape index (κ3) is 4.91. The number of fused-ring (bicyclic) bond motifs is 2. The molecule has 0 aliphatic carbocycles. The second-order valence-electron chi connectivity index (χ2n) is 10.6. The minimum absolute atomic E-state index is 0.0252. The van der Waals surface area contributed by atoms with Gasteiger partial charge in [-0.25, -0.2) is 4.98 Å². The molecule has 0 saturated carbocycles. The Balaban J connectivity index is 1.30. The predicted octanol–water partition coefficient (Wildman–Crippen LogP) is 3.86. The number of nitrogens with zero attached hydrogens (tertiary/aromatic N) is 5. The fourth-order valence-corrected chi connectivity index (χ4v) is 5.82. The topological polar surface area (TPSA) is 65.8 Å². The van der Waals surface area contributed by atoms with Crippen molar-refractivity contribution in [1.29, 1.82) is 0 Å². The van der Waals surface area contributed by atoms with Crippen molar-refractivity contribution < 1.29 is 18.0 Å². The molecular weight excluding hydrogens is 481 g/mol. The number of hydrogen-bond donors (Lipinski definition) is 1. The summed E-state index contributed by atoms with van der Waals surface area (Å²) >= 11 is 0. The Hall–Kier alpha value is -3.14. The zero-order valence-electron chi connectivity index (χ0n) is 21.4. The van der Waals surface area contributed by atoms with Crippen LogP contribution >= 0.6 is 0 Å². The van der Waals surface area contributed by atoms with Gasteiger partial charge in [0.15, 0.2) is 5.65 Å². The Bertz CT molecular complexity index is 1290. The number of anilines is 1. The van der Waals surface area contributed by atoms with Gasteiger partial charge in [-0.1, -0.05) is 25.7 Å². The summed E-state index contributed by atoms with van der Waals surface area (Å²) in [5.41, 5.74) is 2.82. The van der Waals surface area contributed by atoms with Gasteiger partial charge in [-0.2, -0.15) is 22.8 Å². The zero-order valence-corrected chi connectivity index (χ0v) is 21.4.